The van der Waals surface area contributed by atoms with Gasteiger partial charge in [-0.05, 0) is 24.3 Å². The topological polar surface area (TPSA) is 56.5 Å². The standard InChI is InChI=1S/C17H28N2O2/c1-4-12-7-5-6-8-14(12)17(19-18)15-10-9-13(20-2)11-16(15)21-3/h9-12,14,17,19H,4-8,18H2,1-3H3. The maximum absolute atomic E-state index is 5.91. The Morgan fingerprint density at radius 1 is 1.24 bits per heavy atom. The zero-order valence-corrected chi connectivity index (χ0v) is 13.4. The third kappa shape index (κ3) is 3.50. The monoisotopic (exact) mass is 292 g/mol. The summed E-state index contributed by atoms with van der Waals surface area (Å²) in [7, 11) is 3.37. The van der Waals surface area contributed by atoms with E-state index in [4.69, 9.17) is 15.3 Å². The van der Waals surface area contributed by atoms with E-state index in [-0.39, 0.29) is 6.04 Å². The van der Waals surface area contributed by atoms with Crippen molar-refractivity contribution in [1.29, 1.82) is 0 Å². The van der Waals surface area contributed by atoms with Gasteiger partial charge in [0.15, 0.2) is 0 Å². The number of hydrogen-bond acceptors (Lipinski definition) is 4. The molecule has 3 N–H and O–H groups in total. The number of hydrogen-bond donors (Lipinski definition) is 2. The van der Waals surface area contributed by atoms with Gasteiger partial charge in [0, 0.05) is 11.6 Å². The predicted molar refractivity (Wildman–Crippen MR) is 85.3 cm³/mol. The first-order chi connectivity index (χ1) is 10.2. The molecule has 0 heterocycles. The average molecular weight is 292 g/mol. The first-order valence-corrected chi connectivity index (χ1v) is 7.93. The number of nitrogens with two attached hydrogens (primary N) is 1. The van der Waals surface area contributed by atoms with E-state index in [1.807, 2.05) is 12.1 Å². The molecule has 0 bridgehead atoms. The summed E-state index contributed by atoms with van der Waals surface area (Å²) in [5.74, 6) is 8.86. The fraction of sp³-hybridized carbons (Fsp3) is 0.647. The molecule has 118 valence electrons. The second-order valence-corrected chi connectivity index (χ2v) is 5.87. The fourth-order valence-corrected chi connectivity index (χ4v) is 3.70. The van der Waals surface area contributed by atoms with Gasteiger partial charge in [0.1, 0.15) is 11.5 Å². The van der Waals surface area contributed by atoms with Crippen LogP contribution >= 0.6 is 0 Å². The van der Waals surface area contributed by atoms with Crippen molar-refractivity contribution < 1.29 is 9.47 Å². The highest BCUT2D eigenvalue weighted by Crippen LogP contribution is 2.42. The van der Waals surface area contributed by atoms with Gasteiger partial charge < -0.3 is 9.47 Å². The van der Waals surface area contributed by atoms with Crippen LogP contribution in [0.3, 0.4) is 0 Å². The van der Waals surface area contributed by atoms with Gasteiger partial charge in [-0.3, -0.25) is 11.3 Å². The van der Waals surface area contributed by atoms with Crippen LogP contribution in [0.15, 0.2) is 18.2 Å². The van der Waals surface area contributed by atoms with Crippen molar-refractivity contribution >= 4 is 0 Å². The SMILES string of the molecule is CCC1CCCCC1C(NN)c1ccc(OC)cc1OC. The Kier molecular flexibility index (Phi) is 5.88. The van der Waals surface area contributed by atoms with Gasteiger partial charge in [-0.25, -0.2) is 0 Å². The molecule has 0 radical (unpaired) electrons. The lowest BCUT2D eigenvalue weighted by Gasteiger charge is -2.37. The Labute approximate surface area is 128 Å². The van der Waals surface area contributed by atoms with Crippen molar-refractivity contribution in [3.05, 3.63) is 23.8 Å². The van der Waals surface area contributed by atoms with Crippen molar-refractivity contribution in [2.75, 3.05) is 14.2 Å². The van der Waals surface area contributed by atoms with E-state index in [1.54, 1.807) is 14.2 Å². The minimum atomic E-state index is 0.135. The van der Waals surface area contributed by atoms with Crippen LogP contribution in [0.25, 0.3) is 0 Å². The molecule has 3 unspecified atom stereocenters. The molecule has 1 aliphatic carbocycles. The number of nitrogens with one attached hydrogen (secondary N) is 1. The molecule has 1 aromatic carbocycles. The molecule has 0 amide bonds. The van der Waals surface area contributed by atoms with Gasteiger partial charge in [0.2, 0.25) is 0 Å². The second-order valence-electron chi connectivity index (χ2n) is 5.87. The lowest BCUT2D eigenvalue weighted by Crippen LogP contribution is -2.38. The first kappa shape index (κ1) is 16.1. The molecular weight excluding hydrogens is 264 g/mol. The summed E-state index contributed by atoms with van der Waals surface area (Å²) >= 11 is 0. The zero-order valence-electron chi connectivity index (χ0n) is 13.4. The third-order valence-corrected chi connectivity index (χ3v) is 4.88. The highest BCUT2D eigenvalue weighted by atomic mass is 16.5. The maximum atomic E-state index is 5.91. The van der Waals surface area contributed by atoms with E-state index in [0.717, 1.165) is 23.0 Å². The highest BCUT2D eigenvalue weighted by molar-refractivity contribution is 5.42. The van der Waals surface area contributed by atoms with Crippen LogP contribution in [0.1, 0.15) is 50.6 Å². The Hall–Kier alpha value is -1.26. The summed E-state index contributed by atoms with van der Waals surface area (Å²) in [5, 5.41) is 0. The number of hydrazine groups is 1. The summed E-state index contributed by atoms with van der Waals surface area (Å²) in [6.07, 6.45) is 6.37. The van der Waals surface area contributed by atoms with E-state index >= 15 is 0 Å². The minimum Gasteiger partial charge on any atom is -0.497 e. The molecule has 21 heavy (non-hydrogen) atoms. The molecule has 4 heteroatoms. The minimum absolute atomic E-state index is 0.135. The molecule has 0 aliphatic heterocycles. The quantitative estimate of drug-likeness (QED) is 0.623. The largest absolute Gasteiger partial charge is 0.497 e. The third-order valence-electron chi connectivity index (χ3n) is 4.88. The van der Waals surface area contributed by atoms with Crippen LogP contribution in [-0.4, -0.2) is 14.2 Å². The summed E-state index contributed by atoms with van der Waals surface area (Å²) in [5.41, 5.74) is 4.17. The molecule has 0 saturated heterocycles. The molecule has 4 nitrogen and oxygen atoms in total. The van der Waals surface area contributed by atoms with Crippen molar-refractivity contribution in [2.45, 2.75) is 45.1 Å². The lowest BCUT2D eigenvalue weighted by molar-refractivity contribution is 0.174. The number of methoxy groups -OCH3 is 2. The summed E-state index contributed by atoms with van der Waals surface area (Å²) in [6.45, 7) is 2.28. The highest BCUT2D eigenvalue weighted by Gasteiger charge is 2.32. The molecule has 2 rings (SSSR count). The predicted octanol–water partition coefficient (Wildman–Crippen LogP) is 3.42. The lowest BCUT2D eigenvalue weighted by atomic mass is 9.72. The molecule has 1 aromatic rings. The molecule has 0 spiro atoms. The van der Waals surface area contributed by atoms with Crippen LogP contribution in [0.5, 0.6) is 11.5 Å². The molecule has 1 aliphatic rings. The van der Waals surface area contributed by atoms with E-state index in [9.17, 15) is 0 Å². The van der Waals surface area contributed by atoms with Crippen LogP contribution in [-0.2, 0) is 0 Å². The van der Waals surface area contributed by atoms with E-state index < -0.39 is 0 Å². The van der Waals surface area contributed by atoms with Crippen molar-refractivity contribution in [3.63, 3.8) is 0 Å². The molecule has 0 aromatic heterocycles. The van der Waals surface area contributed by atoms with Crippen molar-refractivity contribution in [3.8, 4) is 11.5 Å². The molecule has 1 saturated carbocycles. The van der Waals surface area contributed by atoms with E-state index in [1.165, 1.54) is 32.1 Å². The number of benzene rings is 1. The summed E-state index contributed by atoms with van der Waals surface area (Å²) in [6, 6.07) is 6.12. The van der Waals surface area contributed by atoms with Crippen LogP contribution in [0.4, 0.5) is 0 Å². The fourth-order valence-electron chi connectivity index (χ4n) is 3.70. The molecule has 3 atom stereocenters. The number of rotatable bonds is 6. The van der Waals surface area contributed by atoms with Gasteiger partial charge in [0.25, 0.3) is 0 Å². The number of ether oxygens (including phenoxy) is 2. The van der Waals surface area contributed by atoms with Gasteiger partial charge in [0.05, 0.1) is 20.3 Å². The van der Waals surface area contributed by atoms with Crippen LogP contribution in [0, 0.1) is 11.8 Å². The average Bonchev–Trinajstić information content (AvgIpc) is 2.56. The van der Waals surface area contributed by atoms with E-state index in [0.29, 0.717) is 5.92 Å². The summed E-state index contributed by atoms with van der Waals surface area (Å²) in [4.78, 5) is 0. The molecule has 1 fully saturated rings. The van der Waals surface area contributed by atoms with Crippen molar-refractivity contribution in [1.82, 2.24) is 5.43 Å². The van der Waals surface area contributed by atoms with Gasteiger partial charge in [-0.2, -0.15) is 0 Å². The Morgan fingerprint density at radius 2 is 2.00 bits per heavy atom. The normalized spacial score (nSPS) is 23.6. The maximum Gasteiger partial charge on any atom is 0.127 e. The van der Waals surface area contributed by atoms with E-state index in [2.05, 4.69) is 18.4 Å². The van der Waals surface area contributed by atoms with Crippen LogP contribution in [0.2, 0.25) is 0 Å². The Bertz CT molecular complexity index is 450. The van der Waals surface area contributed by atoms with Crippen LogP contribution < -0.4 is 20.7 Å². The van der Waals surface area contributed by atoms with Crippen molar-refractivity contribution in [2.24, 2.45) is 17.7 Å². The second kappa shape index (κ2) is 7.66. The Morgan fingerprint density at radius 3 is 2.62 bits per heavy atom. The zero-order chi connectivity index (χ0) is 15.2. The molecular formula is C17H28N2O2. The van der Waals surface area contributed by atoms with Gasteiger partial charge in [-0.15, -0.1) is 0 Å². The Balaban J connectivity index is 2.31. The summed E-state index contributed by atoms with van der Waals surface area (Å²) < 4.78 is 10.8. The van der Waals surface area contributed by atoms with Gasteiger partial charge in [-0.1, -0.05) is 38.7 Å². The van der Waals surface area contributed by atoms with Gasteiger partial charge >= 0.3 is 0 Å². The smallest absolute Gasteiger partial charge is 0.127 e. The first-order valence-electron chi connectivity index (χ1n) is 7.93.